The van der Waals surface area contributed by atoms with Crippen LogP contribution in [0.4, 0.5) is 0 Å². The second-order valence-electron chi connectivity index (χ2n) is 6.49. The Labute approximate surface area is 131 Å². The highest BCUT2D eigenvalue weighted by atomic mass is 32.1. The van der Waals surface area contributed by atoms with Crippen molar-refractivity contribution in [2.24, 2.45) is 5.41 Å². The lowest BCUT2D eigenvalue weighted by molar-refractivity contribution is -0.168. The molecular formula is C17H26O3S. The highest BCUT2D eigenvalue weighted by Gasteiger charge is 2.39. The molecule has 0 aliphatic carbocycles. The standard InChI is InChI=1S/C17H26O3S/c1-7-17(8-2,15(19)20-16(4,5)6)11-13-9-10-14(21-13)12(3)18/h9-10H,7-8,11H2,1-6H3. The molecule has 1 rings (SSSR count). The number of hydrogen-bond donors (Lipinski definition) is 0. The van der Waals surface area contributed by atoms with E-state index in [2.05, 4.69) is 0 Å². The lowest BCUT2D eigenvalue weighted by atomic mass is 9.78. The fourth-order valence-electron chi connectivity index (χ4n) is 2.24. The van der Waals surface area contributed by atoms with Crippen molar-refractivity contribution in [1.29, 1.82) is 0 Å². The van der Waals surface area contributed by atoms with Crippen LogP contribution in [0.2, 0.25) is 0 Å². The average Bonchev–Trinajstić information content (AvgIpc) is 2.82. The number of ether oxygens (including phenoxy) is 1. The van der Waals surface area contributed by atoms with Crippen molar-refractivity contribution in [3.05, 3.63) is 21.9 Å². The molecule has 1 heterocycles. The first kappa shape index (κ1) is 17.9. The smallest absolute Gasteiger partial charge is 0.312 e. The molecule has 1 aromatic rings. The summed E-state index contributed by atoms with van der Waals surface area (Å²) in [7, 11) is 0. The van der Waals surface area contributed by atoms with E-state index in [1.165, 1.54) is 11.3 Å². The minimum atomic E-state index is -0.508. The van der Waals surface area contributed by atoms with Gasteiger partial charge in [-0.2, -0.15) is 0 Å². The largest absolute Gasteiger partial charge is 0.460 e. The number of esters is 1. The molecule has 0 fully saturated rings. The van der Waals surface area contributed by atoms with Gasteiger partial charge >= 0.3 is 5.97 Å². The maximum Gasteiger partial charge on any atom is 0.312 e. The minimum Gasteiger partial charge on any atom is -0.460 e. The zero-order valence-corrected chi connectivity index (χ0v) is 14.7. The number of hydrogen-bond acceptors (Lipinski definition) is 4. The van der Waals surface area contributed by atoms with E-state index in [0.29, 0.717) is 6.42 Å². The first-order chi connectivity index (χ1) is 9.63. The Morgan fingerprint density at radius 2 is 1.71 bits per heavy atom. The number of carbonyl (C=O) groups excluding carboxylic acids is 2. The Bertz CT molecular complexity index is 504. The van der Waals surface area contributed by atoms with E-state index in [1.54, 1.807) is 6.92 Å². The number of Topliss-reactive ketones (excluding diaryl/α,β-unsaturated/α-hetero) is 1. The molecule has 118 valence electrons. The van der Waals surface area contributed by atoms with Gasteiger partial charge in [-0.1, -0.05) is 13.8 Å². The molecule has 0 spiro atoms. The highest BCUT2D eigenvalue weighted by molar-refractivity contribution is 7.14. The molecule has 21 heavy (non-hydrogen) atoms. The Morgan fingerprint density at radius 3 is 2.10 bits per heavy atom. The molecule has 0 N–H and O–H groups in total. The molecule has 0 aromatic carbocycles. The van der Waals surface area contributed by atoms with E-state index in [9.17, 15) is 9.59 Å². The Hall–Kier alpha value is -1.16. The van der Waals surface area contributed by atoms with Crippen LogP contribution in [0.5, 0.6) is 0 Å². The van der Waals surface area contributed by atoms with Gasteiger partial charge in [0.1, 0.15) is 5.60 Å². The van der Waals surface area contributed by atoms with E-state index in [1.807, 2.05) is 46.8 Å². The maximum atomic E-state index is 12.6. The third kappa shape index (κ3) is 4.67. The van der Waals surface area contributed by atoms with Gasteiger partial charge in [0.25, 0.3) is 0 Å². The van der Waals surface area contributed by atoms with Gasteiger partial charge in [0.05, 0.1) is 10.3 Å². The minimum absolute atomic E-state index is 0.0714. The summed E-state index contributed by atoms with van der Waals surface area (Å²) < 4.78 is 5.61. The van der Waals surface area contributed by atoms with Crippen molar-refractivity contribution in [1.82, 2.24) is 0 Å². The molecule has 0 unspecified atom stereocenters. The third-order valence-electron chi connectivity index (χ3n) is 3.71. The summed E-state index contributed by atoms with van der Waals surface area (Å²) in [6.45, 7) is 11.3. The Kier molecular flexibility index (Phi) is 5.74. The second-order valence-corrected chi connectivity index (χ2v) is 7.66. The quantitative estimate of drug-likeness (QED) is 0.568. The first-order valence-electron chi connectivity index (χ1n) is 7.46. The van der Waals surface area contributed by atoms with Gasteiger partial charge in [0, 0.05) is 4.88 Å². The van der Waals surface area contributed by atoms with Gasteiger partial charge in [-0.25, -0.2) is 0 Å². The molecule has 0 radical (unpaired) electrons. The molecule has 0 aliphatic rings. The Morgan fingerprint density at radius 1 is 1.14 bits per heavy atom. The monoisotopic (exact) mass is 310 g/mol. The van der Waals surface area contributed by atoms with Gasteiger partial charge in [-0.15, -0.1) is 11.3 Å². The van der Waals surface area contributed by atoms with Gasteiger partial charge < -0.3 is 4.74 Å². The van der Waals surface area contributed by atoms with E-state index in [-0.39, 0.29) is 11.8 Å². The fourth-order valence-corrected chi connectivity index (χ4v) is 3.29. The van der Waals surface area contributed by atoms with Crippen LogP contribution in [0.15, 0.2) is 12.1 Å². The maximum absolute atomic E-state index is 12.6. The number of carbonyl (C=O) groups is 2. The van der Waals surface area contributed by atoms with E-state index < -0.39 is 11.0 Å². The first-order valence-corrected chi connectivity index (χ1v) is 8.28. The van der Waals surface area contributed by atoms with Crippen LogP contribution in [0.3, 0.4) is 0 Å². The van der Waals surface area contributed by atoms with Crippen molar-refractivity contribution in [3.8, 4) is 0 Å². The summed E-state index contributed by atoms with van der Waals surface area (Å²) in [5, 5.41) is 0. The lowest BCUT2D eigenvalue weighted by Gasteiger charge is -2.32. The predicted octanol–water partition coefficient (Wildman–Crippen LogP) is 4.64. The molecule has 0 bridgehead atoms. The molecule has 3 nitrogen and oxygen atoms in total. The summed E-state index contributed by atoms with van der Waals surface area (Å²) in [5.74, 6) is -0.0695. The van der Waals surface area contributed by atoms with Crippen LogP contribution in [0, 0.1) is 5.41 Å². The molecular weight excluding hydrogens is 284 g/mol. The third-order valence-corrected chi connectivity index (χ3v) is 4.89. The molecule has 0 atom stereocenters. The van der Waals surface area contributed by atoms with Crippen LogP contribution in [0.1, 0.15) is 68.9 Å². The van der Waals surface area contributed by atoms with Crippen molar-refractivity contribution in [2.45, 2.75) is 66.4 Å². The Balaban J connectivity index is 2.98. The van der Waals surface area contributed by atoms with E-state index >= 15 is 0 Å². The van der Waals surface area contributed by atoms with Crippen molar-refractivity contribution in [3.63, 3.8) is 0 Å². The van der Waals surface area contributed by atoms with Crippen molar-refractivity contribution >= 4 is 23.1 Å². The van der Waals surface area contributed by atoms with Crippen molar-refractivity contribution < 1.29 is 14.3 Å². The number of rotatable bonds is 6. The van der Waals surface area contributed by atoms with Crippen LogP contribution in [0.25, 0.3) is 0 Å². The second kappa shape index (κ2) is 6.73. The fraction of sp³-hybridized carbons (Fsp3) is 0.647. The molecule has 0 aliphatic heterocycles. The van der Waals surface area contributed by atoms with E-state index in [0.717, 1.165) is 22.6 Å². The van der Waals surface area contributed by atoms with Crippen LogP contribution in [-0.2, 0) is 16.0 Å². The average molecular weight is 310 g/mol. The van der Waals surface area contributed by atoms with Crippen LogP contribution in [-0.4, -0.2) is 17.4 Å². The molecule has 0 saturated carbocycles. The summed E-state index contributed by atoms with van der Waals surface area (Å²) in [6.07, 6.45) is 2.09. The summed E-state index contributed by atoms with van der Waals surface area (Å²) in [4.78, 5) is 25.8. The van der Waals surface area contributed by atoms with E-state index in [4.69, 9.17) is 4.74 Å². The summed E-state index contributed by atoms with van der Waals surface area (Å²) in [5.41, 5.74) is -0.987. The number of ketones is 1. The van der Waals surface area contributed by atoms with Gasteiger partial charge in [-0.3, -0.25) is 9.59 Å². The highest BCUT2D eigenvalue weighted by Crippen LogP contribution is 2.36. The zero-order chi connectivity index (χ0) is 16.3. The van der Waals surface area contributed by atoms with Crippen LogP contribution >= 0.6 is 11.3 Å². The zero-order valence-electron chi connectivity index (χ0n) is 13.9. The summed E-state index contributed by atoms with van der Waals surface area (Å²) in [6, 6.07) is 3.79. The van der Waals surface area contributed by atoms with Crippen LogP contribution < -0.4 is 0 Å². The number of thiophene rings is 1. The normalized spacial score (nSPS) is 12.3. The molecule has 4 heteroatoms. The van der Waals surface area contributed by atoms with Gasteiger partial charge in [-0.05, 0) is 59.1 Å². The van der Waals surface area contributed by atoms with Gasteiger partial charge in [0.15, 0.2) is 5.78 Å². The molecule has 1 aromatic heterocycles. The molecule has 0 amide bonds. The van der Waals surface area contributed by atoms with Gasteiger partial charge in [0.2, 0.25) is 0 Å². The lowest BCUT2D eigenvalue weighted by Crippen LogP contribution is -2.38. The SMILES string of the molecule is CCC(CC)(Cc1ccc(C(C)=O)s1)C(=O)OC(C)(C)C. The molecule has 0 saturated heterocycles. The predicted molar refractivity (Wildman–Crippen MR) is 86.9 cm³/mol. The van der Waals surface area contributed by atoms with Crippen molar-refractivity contribution in [2.75, 3.05) is 0 Å². The topological polar surface area (TPSA) is 43.4 Å². The summed E-state index contributed by atoms with van der Waals surface area (Å²) >= 11 is 1.48.